The Morgan fingerprint density at radius 1 is 1.28 bits per heavy atom. The van der Waals surface area contributed by atoms with E-state index in [2.05, 4.69) is 41.5 Å². The van der Waals surface area contributed by atoms with Crippen molar-refractivity contribution in [2.75, 3.05) is 17.7 Å². The van der Waals surface area contributed by atoms with Crippen LogP contribution in [0.4, 0.5) is 10.8 Å². The van der Waals surface area contributed by atoms with Crippen LogP contribution in [0, 0.1) is 13.8 Å². The number of aliphatic hydroxyl groups excluding tert-OH is 1. The van der Waals surface area contributed by atoms with Crippen LogP contribution in [0.3, 0.4) is 0 Å². The van der Waals surface area contributed by atoms with Gasteiger partial charge in [-0.05, 0) is 25.0 Å². The van der Waals surface area contributed by atoms with Crippen LogP contribution in [0.25, 0.3) is 0 Å². The first-order valence-electron chi connectivity index (χ1n) is 5.61. The summed E-state index contributed by atoms with van der Waals surface area (Å²) in [6.07, 6.45) is 0. The van der Waals surface area contributed by atoms with Gasteiger partial charge in [0.1, 0.15) is 0 Å². The zero-order chi connectivity index (χ0) is 13.0. The van der Waals surface area contributed by atoms with E-state index in [0.29, 0.717) is 5.75 Å². The van der Waals surface area contributed by atoms with Crippen LogP contribution < -0.4 is 5.32 Å². The topological polar surface area (TPSA) is 58.0 Å². The minimum Gasteiger partial charge on any atom is -0.396 e. The van der Waals surface area contributed by atoms with Crippen LogP contribution in [0.1, 0.15) is 11.1 Å². The Balaban J connectivity index is 2.11. The van der Waals surface area contributed by atoms with Crippen molar-refractivity contribution in [3.8, 4) is 0 Å². The number of aliphatic hydroxyl groups is 1. The Morgan fingerprint density at radius 2 is 2.00 bits per heavy atom. The third kappa shape index (κ3) is 3.22. The van der Waals surface area contributed by atoms with Crippen molar-refractivity contribution in [2.24, 2.45) is 0 Å². The predicted molar refractivity (Wildman–Crippen MR) is 76.9 cm³/mol. The van der Waals surface area contributed by atoms with Crippen molar-refractivity contribution in [3.63, 3.8) is 0 Å². The fourth-order valence-electron chi connectivity index (χ4n) is 1.57. The number of aromatic nitrogens is 2. The molecule has 2 rings (SSSR count). The zero-order valence-electron chi connectivity index (χ0n) is 10.3. The second-order valence-corrected chi connectivity index (χ2v) is 6.16. The lowest BCUT2D eigenvalue weighted by Gasteiger charge is -2.09. The molecule has 0 atom stereocenters. The highest BCUT2D eigenvalue weighted by atomic mass is 32.2. The summed E-state index contributed by atoms with van der Waals surface area (Å²) < 4.78 is 0.873. The summed E-state index contributed by atoms with van der Waals surface area (Å²) >= 11 is 3.02. The molecule has 0 amide bonds. The standard InChI is InChI=1S/C12H15N3OS2/c1-8-4-3-5-9(2)10(8)13-11-14-15-12(18-11)17-7-6-16/h3-5,16H,6-7H2,1-2H3,(H,13,14). The minimum absolute atomic E-state index is 0.157. The first kappa shape index (κ1) is 13.3. The van der Waals surface area contributed by atoms with E-state index in [4.69, 9.17) is 5.11 Å². The van der Waals surface area contributed by atoms with Crippen LogP contribution in [0.2, 0.25) is 0 Å². The summed E-state index contributed by atoms with van der Waals surface area (Å²) in [5.41, 5.74) is 3.47. The average Bonchev–Trinajstić information content (AvgIpc) is 2.79. The molecule has 0 saturated heterocycles. The quantitative estimate of drug-likeness (QED) is 0.825. The van der Waals surface area contributed by atoms with E-state index in [-0.39, 0.29) is 6.61 Å². The Labute approximate surface area is 114 Å². The van der Waals surface area contributed by atoms with Gasteiger partial charge in [0.25, 0.3) is 0 Å². The molecule has 96 valence electrons. The van der Waals surface area contributed by atoms with Crippen LogP contribution >= 0.6 is 23.1 Å². The number of aryl methyl sites for hydroxylation is 2. The average molecular weight is 281 g/mol. The number of rotatable bonds is 5. The maximum Gasteiger partial charge on any atom is 0.210 e. The lowest BCUT2D eigenvalue weighted by atomic mass is 10.1. The molecule has 0 bridgehead atoms. The molecule has 1 aromatic carbocycles. The SMILES string of the molecule is Cc1cccc(C)c1Nc1nnc(SCCO)s1. The molecule has 0 radical (unpaired) electrons. The number of thioether (sulfide) groups is 1. The van der Waals surface area contributed by atoms with Gasteiger partial charge in [-0.1, -0.05) is 41.3 Å². The smallest absolute Gasteiger partial charge is 0.210 e. The molecule has 0 fully saturated rings. The van der Waals surface area contributed by atoms with Gasteiger partial charge in [0.05, 0.1) is 6.61 Å². The first-order chi connectivity index (χ1) is 8.70. The Kier molecular flexibility index (Phi) is 4.57. The molecule has 0 aliphatic heterocycles. The van der Waals surface area contributed by atoms with E-state index in [0.717, 1.165) is 15.2 Å². The van der Waals surface area contributed by atoms with Crippen molar-refractivity contribution < 1.29 is 5.11 Å². The summed E-state index contributed by atoms with van der Waals surface area (Å²) in [5, 5.41) is 21.0. The molecular formula is C12H15N3OS2. The number of nitrogens with one attached hydrogen (secondary N) is 1. The van der Waals surface area contributed by atoms with Gasteiger partial charge in [0.2, 0.25) is 5.13 Å². The third-order valence-electron chi connectivity index (χ3n) is 2.44. The van der Waals surface area contributed by atoms with E-state index >= 15 is 0 Å². The molecule has 18 heavy (non-hydrogen) atoms. The van der Waals surface area contributed by atoms with Crippen molar-refractivity contribution in [3.05, 3.63) is 29.3 Å². The second-order valence-electron chi connectivity index (χ2n) is 3.84. The number of nitrogens with zero attached hydrogens (tertiary/aromatic N) is 2. The highest BCUT2D eigenvalue weighted by Crippen LogP contribution is 2.29. The molecule has 1 aromatic heterocycles. The van der Waals surface area contributed by atoms with Gasteiger partial charge in [-0.3, -0.25) is 0 Å². The van der Waals surface area contributed by atoms with Gasteiger partial charge >= 0.3 is 0 Å². The van der Waals surface area contributed by atoms with Crippen molar-refractivity contribution in [1.29, 1.82) is 0 Å². The van der Waals surface area contributed by atoms with Crippen molar-refractivity contribution >= 4 is 33.9 Å². The zero-order valence-corrected chi connectivity index (χ0v) is 11.9. The molecule has 6 heteroatoms. The lowest BCUT2D eigenvalue weighted by molar-refractivity contribution is 0.322. The number of benzene rings is 1. The summed E-state index contributed by atoms with van der Waals surface area (Å²) in [6, 6.07) is 6.17. The van der Waals surface area contributed by atoms with Gasteiger partial charge in [0.15, 0.2) is 4.34 Å². The van der Waals surface area contributed by atoms with Gasteiger partial charge in [-0.2, -0.15) is 0 Å². The third-order valence-corrected chi connectivity index (χ3v) is 4.39. The van der Waals surface area contributed by atoms with Gasteiger partial charge in [-0.25, -0.2) is 0 Å². The highest BCUT2D eigenvalue weighted by molar-refractivity contribution is 8.01. The van der Waals surface area contributed by atoms with E-state index in [1.165, 1.54) is 34.2 Å². The van der Waals surface area contributed by atoms with E-state index in [1.54, 1.807) is 0 Å². The number of anilines is 2. The molecule has 0 aliphatic carbocycles. The Bertz CT molecular complexity index is 508. The summed E-state index contributed by atoms with van der Waals surface area (Å²) in [4.78, 5) is 0. The molecule has 0 aliphatic rings. The summed E-state index contributed by atoms with van der Waals surface area (Å²) in [7, 11) is 0. The van der Waals surface area contributed by atoms with Gasteiger partial charge in [-0.15, -0.1) is 10.2 Å². The Morgan fingerprint density at radius 3 is 2.67 bits per heavy atom. The molecule has 0 unspecified atom stereocenters. The number of hydrogen-bond donors (Lipinski definition) is 2. The van der Waals surface area contributed by atoms with E-state index < -0.39 is 0 Å². The molecule has 2 aromatic rings. The van der Waals surface area contributed by atoms with Crippen LogP contribution in [-0.2, 0) is 0 Å². The Hall–Kier alpha value is -1.11. The number of hydrogen-bond acceptors (Lipinski definition) is 6. The lowest BCUT2D eigenvalue weighted by Crippen LogP contribution is -1.95. The molecule has 0 spiro atoms. The molecule has 0 saturated carbocycles. The fourth-order valence-corrected chi connectivity index (χ4v) is 3.14. The number of para-hydroxylation sites is 1. The maximum absolute atomic E-state index is 8.76. The van der Waals surface area contributed by atoms with Crippen LogP contribution in [0.5, 0.6) is 0 Å². The molecule has 2 N–H and O–H groups in total. The van der Waals surface area contributed by atoms with Gasteiger partial charge in [0, 0.05) is 11.4 Å². The fraction of sp³-hybridized carbons (Fsp3) is 0.333. The molecule has 4 nitrogen and oxygen atoms in total. The predicted octanol–water partition coefficient (Wildman–Crippen LogP) is 2.98. The van der Waals surface area contributed by atoms with Crippen molar-refractivity contribution in [1.82, 2.24) is 10.2 Å². The minimum atomic E-state index is 0.157. The molecule has 1 heterocycles. The summed E-state index contributed by atoms with van der Waals surface area (Å²) in [6.45, 7) is 4.29. The van der Waals surface area contributed by atoms with Crippen LogP contribution in [0.15, 0.2) is 22.5 Å². The van der Waals surface area contributed by atoms with E-state index in [9.17, 15) is 0 Å². The van der Waals surface area contributed by atoms with Crippen LogP contribution in [-0.4, -0.2) is 27.7 Å². The maximum atomic E-state index is 8.76. The molecular weight excluding hydrogens is 266 g/mol. The van der Waals surface area contributed by atoms with E-state index in [1.807, 2.05) is 6.07 Å². The van der Waals surface area contributed by atoms with Gasteiger partial charge < -0.3 is 10.4 Å². The van der Waals surface area contributed by atoms with Crippen molar-refractivity contribution in [2.45, 2.75) is 18.2 Å². The largest absolute Gasteiger partial charge is 0.396 e. The summed E-state index contributed by atoms with van der Waals surface area (Å²) in [5.74, 6) is 0.651. The second kappa shape index (κ2) is 6.17. The monoisotopic (exact) mass is 281 g/mol. The first-order valence-corrected chi connectivity index (χ1v) is 7.41. The highest BCUT2D eigenvalue weighted by Gasteiger charge is 2.07. The normalized spacial score (nSPS) is 10.6.